The van der Waals surface area contributed by atoms with Crippen molar-refractivity contribution in [2.75, 3.05) is 43.4 Å². The van der Waals surface area contributed by atoms with E-state index in [4.69, 9.17) is 10.1 Å². The second kappa shape index (κ2) is 10.9. The van der Waals surface area contributed by atoms with Crippen LogP contribution in [0.5, 0.6) is 0 Å². The number of benzene rings is 1. The minimum atomic E-state index is -0.177. The quantitative estimate of drug-likeness (QED) is 0.402. The van der Waals surface area contributed by atoms with E-state index in [1.54, 1.807) is 0 Å². The average Bonchev–Trinajstić information content (AvgIpc) is 3.52. The van der Waals surface area contributed by atoms with E-state index in [1.807, 2.05) is 21.4 Å². The van der Waals surface area contributed by atoms with E-state index >= 15 is 0 Å². The number of aromatic nitrogens is 3. The summed E-state index contributed by atoms with van der Waals surface area (Å²) in [6.07, 6.45) is 3.34. The first kappa shape index (κ1) is 25.9. The standard InChI is InChI=1S/C26H37N7O2S/c1-6-18-10-12-19(13-11-18)22-23(29-26(2,3)4)33-24(28-22)36-25(30-33)31(5)17-20(34)27-14-8-16-32-15-7-9-21(32)35/h10-13,29H,6-9,14-17H2,1-5H3,(H,27,34). The molecule has 2 amide bonds. The molecule has 0 atom stereocenters. The smallest absolute Gasteiger partial charge is 0.239 e. The number of hydrogen-bond acceptors (Lipinski definition) is 7. The number of carbonyl (C=O) groups is 2. The summed E-state index contributed by atoms with van der Waals surface area (Å²) in [4.78, 5) is 33.6. The summed E-state index contributed by atoms with van der Waals surface area (Å²) in [6.45, 7) is 10.8. The van der Waals surface area contributed by atoms with Gasteiger partial charge in [0, 0.05) is 44.2 Å². The maximum Gasteiger partial charge on any atom is 0.239 e. The normalized spacial score (nSPS) is 14.0. The fourth-order valence-electron chi connectivity index (χ4n) is 4.24. The van der Waals surface area contributed by atoms with Gasteiger partial charge in [0.05, 0.1) is 6.54 Å². The van der Waals surface area contributed by atoms with Crippen LogP contribution in [0.1, 0.15) is 52.5 Å². The summed E-state index contributed by atoms with van der Waals surface area (Å²) < 4.78 is 1.84. The van der Waals surface area contributed by atoms with Crippen molar-refractivity contribution in [3.05, 3.63) is 29.8 Å². The van der Waals surface area contributed by atoms with E-state index in [9.17, 15) is 9.59 Å². The summed E-state index contributed by atoms with van der Waals surface area (Å²) >= 11 is 1.46. The third-order valence-electron chi connectivity index (χ3n) is 6.13. The molecule has 194 valence electrons. The van der Waals surface area contributed by atoms with E-state index in [-0.39, 0.29) is 23.9 Å². The molecule has 0 aliphatic carbocycles. The first-order valence-electron chi connectivity index (χ1n) is 12.7. The number of anilines is 2. The van der Waals surface area contributed by atoms with Crippen LogP contribution in [0.15, 0.2) is 24.3 Å². The predicted octanol–water partition coefficient (Wildman–Crippen LogP) is 3.80. The van der Waals surface area contributed by atoms with Crippen LogP contribution in [0.2, 0.25) is 0 Å². The molecule has 9 nitrogen and oxygen atoms in total. The lowest BCUT2D eigenvalue weighted by atomic mass is 10.1. The number of hydrogen-bond donors (Lipinski definition) is 2. The van der Waals surface area contributed by atoms with E-state index in [0.717, 1.165) is 53.0 Å². The summed E-state index contributed by atoms with van der Waals surface area (Å²) in [5.74, 6) is 0.998. The highest BCUT2D eigenvalue weighted by Gasteiger charge is 2.23. The molecule has 0 saturated carbocycles. The zero-order valence-electron chi connectivity index (χ0n) is 21.9. The highest BCUT2D eigenvalue weighted by Crippen LogP contribution is 2.34. The minimum absolute atomic E-state index is 0.0668. The molecule has 3 aromatic rings. The van der Waals surface area contributed by atoms with Gasteiger partial charge in [0.15, 0.2) is 5.82 Å². The summed E-state index contributed by atoms with van der Waals surface area (Å²) in [6, 6.07) is 8.49. The Morgan fingerprint density at radius 2 is 1.97 bits per heavy atom. The van der Waals surface area contributed by atoms with Crippen molar-refractivity contribution in [3.8, 4) is 11.3 Å². The molecule has 1 aliphatic heterocycles. The third-order valence-corrected chi connectivity index (χ3v) is 7.15. The Balaban J connectivity index is 1.43. The van der Waals surface area contributed by atoms with Gasteiger partial charge in [-0.1, -0.05) is 42.5 Å². The number of nitrogens with one attached hydrogen (secondary N) is 2. The second-order valence-corrected chi connectivity index (χ2v) is 11.3. The van der Waals surface area contributed by atoms with Gasteiger partial charge in [0.25, 0.3) is 0 Å². The Morgan fingerprint density at radius 1 is 1.22 bits per heavy atom. The fraction of sp³-hybridized carbons (Fsp3) is 0.538. The molecule has 10 heteroatoms. The van der Waals surface area contributed by atoms with Crippen molar-refractivity contribution >= 4 is 39.1 Å². The van der Waals surface area contributed by atoms with Crippen LogP contribution < -0.4 is 15.5 Å². The largest absolute Gasteiger partial charge is 0.364 e. The average molecular weight is 512 g/mol. The first-order valence-corrected chi connectivity index (χ1v) is 13.5. The topological polar surface area (TPSA) is 94.9 Å². The maximum absolute atomic E-state index is 12.5. The number of likely N-dealkylation sites (N-methyl/N-ethyl adjacent to an activating group) is 1. The number of nitrogens with zero attached hydrogens (tertiary/aromatic N) is 5. The number of carbonyl (C=O) groups excluding carboxylic acids is 2. The molecule has 4 rings (SSSR count). The number of aryl methyl sites for hydroxylation is 1. The van der Waals surface area contributed by atoms with Gasteiger partial charge in [-0.2, -0.15) is 4.52 Å². The number of likely N-dealkylation sites (tertiary alicyclic amines) is 1. The molecule has 0 spiro atoms. The minimum Gasteiger partial charge on any atom is -0.364 e. The van der Waals surface area contributed by atoms with Crippen molar-refractivity contribution < 1.29 is 9.59 Å². The summed E-state index contributed by atoms with van der Waals surface area (Å²) in [7, 11) is 1.86. The molecule has 1 fully saturated rings. The lowest BCUT2D eigenvalue weighted by Gasteiger charge is -2.22. The fourth-order valence-corrected chi connectivity index (χ4v) is 5.10. The van der Waals surface area contributed by atoms with E-state index in [2.05, 4.69) is 62.6 Å². The molecular formula is C26H37N7O2S. The number of amides is 2. The maximum atomic E-state index is 12.5. The van der Waals surface area contributed by atoms with Gasteiger partial charge in [-0.25, -0.2) is 4.98 Å². The zero-order chi connectivity index (χ0) is 25.9. The number of rotatable bonds is 10. The molecule has 3 heterocycles. The Hall–Kier alpha value is -3.14. The van der Waals surface area contributed by atoms with E-state index in [0.29, 0.717) is 19.5 Å². The molecule has 0 radical (unpaired) electrons. The van der Waals surface area contributed by atoms with Crippen molar-refractivity contribution in [3.63, 3.8) is 0 Å². The second-order valence-electron chi connectivity index (χ2n) is 10.4. The van der Waals surface area contributed by atoms with Gasteiger partial charge >= 0.3 is 0 Å². The van der Waals surface area contributed by atoms with Crippen LogP contribution in [-0.4, -0.2) is 70.1 Å². The number of fused-ring (bicyclic) bond motifs is 1. The van der Waals surface area contributed by atoms with Crippen LogP contribution in [0, 0.1) is 0 Å². The van der Waals surface area contributed by atoms with Crippen LogP contribution in [0.3, 0.4) is 0 Å². The zero-order valence-corrected chi connectivity index (χ0v) is 22.7. The molecule has 2 aromatic heterocycles. The molecule has 1 aromatic carbocycles. The lowest BCUT2D eigenvalue weighted by molar-refractivity contribution is -0.127. The highest BCUT2D eigenvalue weighted by molar-refractivity contribution is 7.20. The van der Waals surface area contributed by atoms with Crippen LogP contribution in [0.25, 0.3) is 16.2 Å². The monoisotopic (exact) mass is 511 g/mol. The Bertz CT molecular complexity index is 1210. The Kier molecular flexibility index (Phi) is 7.82. The van der Waals surface area contributed by atoms with Gasteiger partial charge in [-0.05, 0) is 45.6 Å². The van der Waals surface area contributed by atoms with Crippen LogP contribution in [0.4, 0.5) is 10.9 Å². The molecule has 0 bridgehead atoms. The SMILES string of the molecule is CCc1ccc(-c2nc3sc(N(C)CC(=O)NCCCN4CCCC4=O)nn3c2NC(C)(C)C)cc1. The van der Waals surface area contributed by atoms with Gasteiger partial charge in [-0.3, -0.25) is 9.59 Å². The van der Waals surface area contributed by atoms with Gasteiger partial charge in [0.2, 0.25) is 21.9 Å². The Morgan fingerprint density at radius 3 is 2.61 bits per heavy atom. The predicted molar refractivity (Wildman–Crippen MR) is 146 cm³/mol. The van der Waals surface area contributed by atoms with Crippen molar-refractivity contribution in [1.82, 2.24) is 24.8 Å². The van der Waals surface area contributed by atoms with Crippen molar-refractivity contribution in [1.29, 1.82) is 0 Å². The molecule has 0 unspecified atom stereocenters. The Labute approximate surface area is 216 Å². The van der Waals surface area contributed by atoms with Gasteiger partial charge in [-0.15, -0.1) is 5.10 Å². The third kappa shape index (κ3) is 6.16. The molecular weight excluding hydrogens is 474 g/mol. The van der Waals surface area contributed by atoms with E-state index < -0.39 is 0 Å². The molecule has 36 heavy (non-hydrogen) atoms. The van der Waals surface area contributed by atoms with E-state index in [1.165, 1.54) is 16.9 Å². The number of imidazole rings is 1. The highest BCUT2D eigenvalue weighted by atomic mass is 32.1. The first-order chi connectivity index (χ1) is 17.1. The molecule has 2 N–H and O–H groups in total. The summed E-state index contributed by atoms with van der Waals surface area (Å²) in [5, 5.41) is 12.0. The molecule has 1 saturated heterocycles. The van der Waals surface area contributed by atoms with Gasteiger partial charge < -0.3 is 20.4 Å². The van der Waals surface area contributed by atoms with Crippen LogP contribution in [-0.2, 0) is 16.0 Å². The summed E-state index contributed by atoms with van der Waals surface area (Å²) in [5.41, 5.74) is 3.02. The lowest BCUT2D eigenvalue weighted by Crippen LogP contribution is -2.37. The molecule has 1 aliphatic rings. The van der Waals surface area contributed by atoms with Crippen molar-refractivity contribution in [2.24, 2.45) is 0 Å². The van der Waals surface area contributed by atoms with Crippen LogP contribution >= 0.6 is 11.3 Å². The van der Waals surface area contributed by atoms with Gasteiger partial charge in [0.1, 0.15) is 5.69 Å². The van der Waals surface area contributed by atoms with Crippen molar-refractivity contribution in [2.45, 2.75) is 58.9 Å².